The van der Waals surface area contributed by atoms with Crippen molar-refractivity contribution in [1.82, 2.24) is 10.3 Å². The minimum absolute atomic E-state index is 0.0568. The summed E-state index contributed by atoms with van der Waals surface area (Å²) in [7, 11) is 0. The molecule has 12 heteroatoms. The van der Waals surface area contributed by atoms with Crippen molar-refractivity contribution in [2.24, 2.45) is 0 Å². The van der Waals surface area contributed by atoms with Gasteiger partial charge in [-0.05, 0) is 72.3 Å². The number of thioether (sulfide) groups is 1. The number of amides is 3. The molecule has 0 saturated heterocycles. The summed E-state index contributed by atoms with van der Waals surface area (Å²) >= 11 is 7.10. The number of hydrogen-bond acceptors (Lipinski definition) is 7. The molecule has 206 valence electrons. The van der Waals surface area contributed by atoms with Gasteiger partial charge in [0.05, 0.1) is 15.7 Å². The molecule has 1 aromatic heterocycles. The number of benzene rings is 3. The molecule has 3 amide bonds. The molecule has 0 atom stereocenters. The molecule has 10 nitrogen and oxygen atoms in total. The van der Waals surface area contributed by atoms with Crippen molar-refractivity contribution in [2.75, 3.05) is 16.4 Å². The monoisotopic (exact) mass is 587 g/mol. The summed E-state index contributed by atoms with van der Waals surface area (Å²) in [5, 5.41) is 19.5. The number of halogens is 1. The summed E-state index contributed by atoms with van der Waals surface area (Å²) < 4.78 is 0. The van der Waals surface area contributed by atoms with E-state index in [1.807, 2.05) is 0 Å². The van der Waals surface area contributed by atoms with Crippen LogP contribution >= 0.6 is 23.4 Å². The number of nitrogens with zero attached hydrogens (tertiary/aromatic N) is 2. The van der Waals surface area contributed by atoms with Gasteiger partial charge in [0.2, 0.25) is 5.91 Å². The Hall–Kier alpha value is -5.00. The van der Waals surface area contributed by atoms with Crippen LogP contribution < -0.4 is 16.0 Å². The second-order valence-electron chi connectivity index (χ2n) is 8.40. The van der Waals surface area contributed by atoms with Gasteiger partial charge in [-0.2, -0.15) is 0 Å². The first kappa shape index (κ1) is 29.0. The van der Waals surface area contributed by atoms with E-state index in [2.05, 4.69) is 20.9 Å². The van der Waals surface area contributed by atoms with Crippen molar-refractivity contribution in [3.63, 3.8) is 0 Å². The Morgan fingerprint density at radius 3 is 2.24 bits per heavy atom. The highest BCUT2D eigenvalue weighted by atomic mass is 35.5. The molecule has 4 aromatic rings. The third-order valence-electron chi connectivity index (χ3n) is 5.42. The van der Waals surface area contributed by atoms with Gasteiger partial charge >= 0.3 is 0 Å². The van der Waals surface area contributed by atoms with E-state index in [0.717, 1.165) is 4.90 Å². The van der Waals surface area contributed by atoms with Crippen LogP contribution in [0.2, 0.25) is 5.02 Å². The van der Waals surface area contributed by atoms with Gasteiger partial charge in [-0.3, -0.25) is 24.5 Å². The van der Waals surface area contributed by atoms with Crippen molar-refractivity contribution in [2.45, 2.75) is 4.90 Å². The number of nitro benzene ring substituents is 1. The van der Waals surface area contributed by atoms with Crippen molar-refractivity contribution >= 4 is 64.4 Å². The van der Waals surface area contributed by atoms with Gasteiger partial charge < -0.3 is 16.0 Å². The summed E-state index contributed by atoms with van der Waals surface area (Å²) in [6, 6.07) is 24.0. The zero-order chi connectivity index (χ0) is 29.2. The van der Waals surface area contributed by atoms with Gasteiger partial charge in [0, 0.05) is 34.5 Å². The fourth-order valence-corrected chi connectivity index (χ4v) is 4.22. The molecule has 0 spiro atoms. The first-order valence-corrected chi connectivity index (χ1v) is 13.4. The lowest BCUT2D eigenvalue weighted by atomic mass is 10.1. The third kappa shape index (κ3) is 8.75. The Kier molecular flexibility index (Phi) is 9.81. The number of nitro groups is 1. The maximum Gasteiger partial charge on any atom is 0.272 e. The van der Waals surface area contributed by atoms with Gasteiger partial charge in [-0.1, -0.05) is 29.8 Å². The van der Waals surface area contributed by atoms with Crippen LogP contribution in [0.1, 0.15) is 15.9 Å². The normalized spacial score (nSPS) is 10.9. The standard InChI is InChI=1S/C29H22ClN5O5S/c30-21-8-15-26(31-17-21)34-27(36)18-41-24-13-9-22(10-14-24)32-29(38)25(33-28(37)20-4-2-1-3-5-20)16-19-6-11-23(12-7-19)35(39)40/h1-17H,18H2,(H,32,38)(H,33,37)(H,31,34,36)/b25-16-. The number of anilines is 2. The van der Waals surface area contributed by atoms with Crippen LogP contribution in [0, 0.1) is 10.1 Å². The van der Waals surface area contributed by atoms with E-state index >= 15 is 0 Å². The number of hydrogen-bond donors (Lipinski definition) is 3. The lowest BCUT2D eigenvalue weighted by Crippen LogP contribution is -2.30. The Morgan fingerprint density at radius 1 is 0.902 bits per heavy atom. The zero-order valence-electron chi connectivity index (χ0n) is 21.2. The van der Waals surface area contributed by atoms with Gasteiger partial charge in [0.15, 0.2) is 0 Å². The highest BCUT2D eigenvalue weighted by molar-refractivity contribution is 8.00. The van der Waals surface area contributed by atoms with Crippen LogP contribution in [0.5, 0.6) is 0 Å². The number of carbonyl (C=O) groups excluding carboxylic acids is 3. The van der Waals surface area contributed by atoms with Gasteiger partial charge in [-0.25, -0.2) is 4.98 Å². The highest BCUT2D eigenvalue weighted by Gasteiger charge is 2.16. The average Bonchev–Trinajstić information content (AvgIpc) is 2.98. The van der Waals surface area contributed by atoms with Crippen LogP contribution in [0.4, 0.5) is 17.2 Å². The van der Waals surface area contributed by atoms with E-state index in [1.54, 1.807) is 66.7 Å². The molecule has 3 aromatic carbocycles. The number of rotatable bonds is 10. The predicted molar refractivity (Wildman–Crippen MR) is 159 cm³/mol. The minimum atomic E-state index is -0.595. The molecule has 0 radical (unpaired) electrons. The van der Waals surface area contributed by atoms with E-state index in [1.165, 1.54) is 48.3 Å². The summed E-state index contributed by atoms with van der Waals surface area (Å²) in [6.45, 7) is 0. The summed E-state index contributed by atoms with van der Waals surface area (Å²) in [5.74, 6) is -0.785. The number of non-ortho nitro benzene ring substituents is 1. The SMILES string of the molecule is O=C(CSc1ccc(NC(=O)/C(=C/c2ccc([N+](=O)[O-])cc2)NC(=O)c2ccccc2)cc1)Nc1ccc(Cl)cn1. The number of pyridine rings is 1. The average molecular weight is 588 g/mol. The van der Waals surface area contributed by atoms with Crippen molar-refractivity contribution in [3.8, 4) is 0 Å². The predicted octanol–water partition coefficient (Wildman–Crippen LogP) is 5.78. The van der Waals surface area contributed by atoms with Gasteiger partial charge in [0.25, 0.3) is 17.5 Å². The number of aromatic nitrogens is 1. The summed E-state index contributed by atoms with van der Waals surface area (Å²) in [5.41, 5.74) is 1.13. The molecule has 4 rings (SSSR count). The van der Waals surface area contributed by atoms with Crippen LogP contribution in [0.25, 0.3) is 6.08 Å². The first-order chi connectivity index (χ1) is 19.8. The van der Waals surface area contributed by atoms with E-state index in [4.69, 9.17) is 11.6 Å². The molecule has 0 unspecified atom stereocenters. The lowest BCUT2D eigenvalue weighted by Gasteiger charge is -2.12. The zero-order valence-corrected chi connectivity index (χ0v) is 22.8. The Morgan fingerprint density at radius 2 is 1.61 bits per heavy atom. The van der Waals surface area contributed by atoms with Crippen LogP contribution in [-0.2, 0) is 9.59 Å². The molecule has 0 bridgehead atoms. The topological polar surface area (TPSA) is 143 Å². The lowest BCUT2D eigenvalue weighted by molar-refractivity contribution is -0.384. The largest absolute Gasteiger partial charge is 0.321 e. The molecular weight excluding hydrogens is 566 g/mol. The van der Waals surface area contributed by atoms with E-state index in [-0.39, 0.29) is 23.0 Å². The minimum Gasteiger partial charge on any atom is -0.321 e. The molecule has 3 N–H and O–H groups in total. The van der Waals surface area contributed by atoms with Gasteiger partial charge in [0.1, 0.15) is 11.5 Å². The Balaban J connectivity index is 1.42. The summed E-state index contributed by atoms with van der Waals surface area (Å²) in [6.07, 6.45) is 2.87. The molecule has 1 heterocycles. The fourth-order valence-electron chi connectivity index (χ4n) is 3.41. The fraction of sp³-hybridized carbons (Fsp3) is 0.0345. The van der Waals surface area contributed by atoms with Crippen molar-refractivity contribution in [3.05, 3.63) is 129 Å². The highest BCUT2D eigenvalue weighted by Crippen LogP contribution is 2.22. The Bertz CT molecular complexity index is 1580. The smallest absolute Gasteiger partial charge is 0.272 e. The second-order valence-corrected chi connectivity index (χ2v) is 9.89. The maximum atomic E-state index is 13.2. The molecule has 0 aliphatic carbocycles. The van der Waals surface area contributed by atoms with Crippen LogP contribution in [0.3, 0.4) is 0 Å². The van der Waals surface area contributed by atoms with Gasteiger partial charge in [-0.15, -0.1) is 11.8 Å². The van der Waals surface area contributed by atoms with E-state index < -0.39 is 16.7 Å². The maximum absolute atomic E-state index is 13.2. The third-order valence-corrected chi connectivity index (χ3v) is 6.66. The second kappa shape index (κ2) is 13.9. The number of carbonyl (C=O) groups is 3. The molecule has 0 aliphatic rings. The van der Waals surface area contributed by atoms with Crippen LogP contribution in [-0.4, -0.2) is 33.4 Å². The molecular formula is C29H22ClN5O5S. The van der Waals surface area contributed by atoms with E-state index in [0.29, 0.717) is 27.7 Å². The Labute approximate surface area is 244 Å². The molecule has 0 aliphatic heterocycles. The molecule has 0 saturated carbocycles. The van der Waals surface area contributed by atoms with Crippen molar-refractivity contribution in [1.29, 1.82) is 0 Å². The van der Waals surface area contributed by atoms with E-state index in [9.17, 15) is 24.5 Å². The van der Waals surface area contributed by atoms with Crippen molar-refractivity contribution < 1.29 is 19.3 Å². The number of nitrogens with one attached hydrogen (secondary N) is 3. The quantitative estimate of drug-likeness (QED) is 0.0922. The summed E-state index contributed by atoms with van der Waals surface area (Å²) in [4.78, 5) is 53.4. The molecule has 41 heavy (non-hydrogen) atoms. The molecule has 0 fully saturated rings. The van der Waals surface area contributed by atoms with Crippen LogP contribution in [0.15, 0.2) is 108 Å². The first-order valence-electron chi connectivity index (χ1n) is 12.0.